The van der Waals surface area contributed by atoms with Gasteiger partial charge in [0.2, 0.25) is 21.8 Å². The zero-order valence-electron chi connectivity index (χ0n) is 20.6. The van der Waals surface area contributed by atoms with Crippen molar-refractivity contribution in [2.45, 2.75) is 47.2 Å². The molecule has 0 heterocycles. The quantitative estimate of drug-likeness (QED) is 0.528. The number of nitrogens with one attached hydrogen (secondary N) is 1. The summed E-state index contributed by atoms with van der Waals surface area (Å²) in [7, 11) is -3.81. The first-order chi connectivity index (χ1) is 15.8. The predicted molar refractivity (Wildman–Crippen MR) is 137 cm³/mol. The molecule has 0 unspecified atom stereocenters. The molecule has 0 aliphatic carbocycles. The van der Waals surface area contributed by atoms with Crippen LogP contribution >= 0.6 is 11.6 Å². The summed E-state index contributed by atoms with van der Waals surface area (Å²) in [6.45, 7) is 9.53. The number of rotatable bonds is 10. The van der Waals surface area contributed by atoms with Crippen molar-refractivity contribution in [3.8, 4) is 0 Å². The molecule has 34 heavy (non-hydrogen) atoms. The molecule has 9 heteroatoms. The average molecular weight is 508 g/mol. The fourth-order valence-electron chi connectivity index (χ4n) is 3.37. The molecule has 0 aliphatic heterocycles. The highest BCUT2D eigenvalue weighted by Gasteiger charge is 2.30. The van der Waals surface area contributed by atoms with Gasteiger partial charge in [-0.05, 0) is 49.9 Å². The van der Waals surface area contributed by atoms with Crippen molar-refractivity contribution >= 4 is 39.1 Å². The SMILES string of the molecule is Cc1ccc(CN(C(=O)CN(c2cc(Cl)ccc2C)S(C)(=O)=O)[C@H](C)C(=O)NCC(C)C)cc1. The molecule has 0 spiro atoms. The third-order valence-electron chi connectivity index (χ3n) is 5.44. The van der Waals surface area contributed by atoms with E-state index in [-0.39, 0.29) is 18.4 Å². The number of sulfonamides is 1. The molecule has 0 saturated heterocycles. The second kappa shape index (κ2) is 11.7. The van der Waals surface area contributed by atoms with Gasteiger partial charge in [0.1, 0.15) is 12.6 Å². The summed E-state index contributed by atoms with van der Waals surface area (Å²) in [6, 6.07) is 11.7. The molecule has 186 valence electrons. The summed E-state index contributed by atoms with van der Waals surface area (Å²) < 4.78 is 26.4. The summed E-state index contributed by atoms with van der Waals surface area (Å²) in [5.41, 5.74) is 2.90. The minimum absolute atomic E-state index is 0.168. The van der Waals surface area contributed by atoms with E-state index in [0.29, 0.717) is 22.8 Å². The van der Waals surface area contributed by atoms with Crippen molar-refractivity contribution in [2.75, 3.05) is 23.7 Å². The van der Waals surface area contributed by atoms with Crippen molar-refractivity contribution in [2.24, 2.45) is 5.92 Å². The van der Waals surface area contributed by atoms with Crippen LogP contribution in [0.25, 0.3) is 0 Å². The zero-order valence-corrected chi connectivity index (χ0v) is 22.2. The van der Waals surface area contributed by atoms with E-state index in [1.807, 2.05) is 45.0 Å². The Balaban J connectivity index is 2.40. The first kappa shape index (κ1) is 27.7. The number of hydrogen-bond acceptors (Lipinski definition) is 4. The standard InChI is InChI=1S/C25H34ClN3O4S/c1-17(2)14-27-25(31)20(5)28(15-21-10-7-18(3)8-11-21)24(30)16-29(34(6,32)33)23-13-22(26)12-9-19(23)4/h7-13,17,20H,14-16H2,1-6H3,(H,27,31)/t20-/m1/s1. The summed E-state index contributed by atoms with van der Waals surface area (Å²) >= 11 is 6.11. The molecule has 0 saturated carbocycles. The Hall–Kier alpha value is -2.58. The lowest BCUT2D eigenvalue weighted by Gasteiger charge is -2.32. The Bertz CT molecular complexity index is 1120. The highest BCUT2D eigenvalue weighted by molar-refractivity contribution is 7.92. The lowest BCUT2D eigenvalue weighted by molar-refractivity contribution is -0.139. The van der Waals surface area contributed by atoms with Crippen LogP contribution in [0.15, 0.2) is 42.5 Å². The first-order valence-electron chi connectivity index (χ1n) is 11.2. The van der Waals surface area contributed by atoms with E-state index in [1.165, 1.54) is 11.0 Å². The van der Waals surface area contributed by atoms with Crippen LogP contribution in [0.5, 0.6) is 0 Å². The molecular formula is C25H34ClN3O4S. The van der Waals surface area contributed by atoms with Crippen molar-refractivity contribution < 1.29 is 18.0 Å². The number of nitrogens with zero attached hydrogens (tertiary/aromatic N) is 2. The van der Waals surface area contributed by atoms with Crippen LogP contribution in [-0.2, 0) is 26.2 Å². The Kier molecular flexibility index (Phi) is 9.53. The third-order valence-corrected chi connectivity index (χ3v) is 6.81. The van der Waals surface area contributed by atoms with E-state index in [9.17, 15) is 18.0 Å². The number of amides is 2. The minimum atomic E-state index is -3.81. The summed E-state index contributed by atoms with van der Waals surface area (Å²) in [6.07, 6.45) is 1.05. The van der Waals surface area contributed by atoms with E-state index in [0.717, 1.165) is 21.7 Å². The molecular weight excluding hydrogens is 474 g/mol. The predicted octanol–water partition coefficient (Wildman–Crippen LogP) is 3.91. The topological polar surface area (TPSA) is 86.8 Å². The number of carbonyl (C=O) groups is 2. The summed E-state index contributed by atoms with van der Waals surface area (Å²) in [5, 5.41) is 3.22. The van der Waals surface area contributed by atoms with Crippen molar-refractivity contribution in [1.82, 2.24) is 10.2 Å². The van der Waals surface area contributed by atoms with E-state index in [2.05, 4.69) is 5.32 Å². The van der Waals surface area contributed by atoms with Gasteiger partial charge >= 0.3 is 0 Å². The lowest BCUT2D eigenvalue weighted by Crippen LogP contribution is -2.51. The molecule has 7 nitrogen and oxygen atoms in total. The number of hydrogen-bond donors (Lipinski definition) is 1. The monoisotopic (exact) mass is 507 g/mol. The van der Waals surface area contributed by atoms with Gasteiger partial charge in [-0.25, -0.2) is 8.42 Å². The molecule has 2 aromatic carbocycles. The maximum absolute atomic E-state index is 13.5. The average Bonchev–Trinajstić information content (AvgIpc) is 2.75. The van der Waals surface area contributed by atoms with Gasteiger partial charge in [-0.15, -0.1) is 0 Å². The van der Waals surface area contributed by atoms with Crippen LogP contribution < -0.4 is 9.62 Å². The van der Waals surface area contributed by atoms with Gasteiger partial charge in [0.25, 0.3) is 0 Å². The molecule has 2 rings (SSSR count). The van der Waals surface area contributed by atoms with Crippen molar-refractivity contribution in [3.05, 3.63) is 64.2 Å². The highest BCUT2D eigenvalue weighted by Crippen LogP contribution is 2.26. The van der Waals surface area contributed by atoms with Crippen LogP contribution in [0, 0.1) is 19.8 Å². The van der Waals surface area contributed by atoms with Crippen LogP contribution in [0.4, 0.5) is 5.69 Å². The Morgan fingerprint density at radius 2 is 1.65 bits per heavy atom. The fourth-order valence-corrected chi connectivity index (χ4v) is 4.44. The number of aryl methyl sites for hydroxylation is 2. The Morgan fingerprint density at radius 1 is 1.03 bits per heavy atom. The fraction of sp³-hybridized carbons (Fsp3) is 0.440. The van der Waals surface area contributed by atoms with Crippen LogP contribution in [-0.4, -0.2) is 50.5 Å². The maximum atomic E-state index is 13.5. The van der Waals surface area contributed by atoms with E-state index in [4.69, 9.17) is 11.6 Å². The van der Waals surface area contributed by atoms with Crippen LogP contribution in [0.3, 0.4) is 0 Å². The number of anilines is 1. The second-order valence-electron chi connectivity index (χ2n) is 9.02. The van der Waals surface area contributed by atoms with E-state index < -0.39 is 28.5 Å². The van der Waals surface area contributed by atoms with Crippen LogP contribution in [0.2, 0.25) is 5.02 Å². The molecule has 2 amide bonds. The van der Waals surface area contributed by atoms with Gasteiger partial charge in [0.15, 0.2) is 0 Å². The van der Waals surface area contributed by atoms with E-state index >= 15 is 0 Å². The zero-order chi connectivity index (χ0) is 25.6. The number of benzene rings is 2. The second-order valence-corrected chi connectivity index (χ2v) is 11.4. The van der Waals surface area contributed by atoms with Gasteiger partial charge < -0.3 is 10.2 Å². The smallest absolute Gasteiger partial charge is 0.244 e. The third kappa shape index (κ3) is 7.74. The largest absolute Gasteiger partial charge is 0.354 e. The Labute approximate surface area is 208 Å². The number of carbonyl (C=O) groups excluding carboxylic acids is 2. The maximum Gasteiger partial charge on any atom is 0.244 e. The first-order valence-corrected chi connectivity index (χ1v) is 13.4. The molecule has 0 aliphatic rings. The van der Waals surface area contributed by atoms with Gasteiger partial charge in [-0.3, -0.25) is 13.9 Å². The molecule has 0 aromatic heterocycles. The number of halogens is 1. The van der Waals surface area contributed by atoms with Gasteiger partial charge in [-0.1, -0.05) is 61.3 Å². The lowest BCUT2D eigenvalue weighted by atomic mass is 10.1. The van der Waals surface area contributed by atoms with Crippen molar-refractivity contribution in [3.63, 3.8) is 0 Å². The van der Waals surface area contributed by atoms with Crippen LogP contribution in [0.1, 0.15) is 37.5 Å². The van der Waals surface area contributed by atoms with Crippen molar-refractivity contribution in [1.29, 1.82) is 0 Å². The van der Waals surface area contributed by atoms with Gasteiger partial charge in [-0.2, -0.15) is 0 Å². The molecule has 0 fully saturated rings. The van der Waals surface area contributed by atoms with E-state index in [1.54, 1.807) is 26.0 Å². The van der Waals surface area contributed by atoms with Gasteiger partial charge in [0.05, 0.1) is 11.9 Å². The molecule has 0 bridgehead atoms. The summed E-state index contributed by atoms with van der Waals surface area (Å²) in [5.74, 6) is -0.527. The molecule has 1 atom stereocenters. The van der Waals surface area contributed by atoms with Gasteiger partial charge in [0, 0.05) is 18.1 Å². The molecule has 1 N–H and O–H groups in total. The Morgan fingerprint density at radius 3 is 2.21 bits per heavy atom. The summed E-state index contributed by atoms with van der Waals surface area (Å²) in [4.78, 5) is 27.8. The normalized spacial score (nSPS) is 12.4. The molecule has 0 radical (unpaired) electrons. The minimum Gasteiger partial charge on any atom is -0.354 e. The molecule has 2 aromatic rings. The highest BCUT2D eigenvalue weighted by atomic mass is 35.5.